The first kappa shape index (κ1) is 23.5. The van der Waals surface area contributed by atoms with E-state index in [0.29, 0.717) is 48.7 Å². The van der Waals surface area contributed by atoms with Crippen LogP contribution >= 0.6 is 11.6 Å². The topological polar surface area (TPSA) is 78.5 Å². The van der Waals surface area contributed by atoms with Crippen LogP contribution in [0.4, 0.5) is 5.69 Å². The summed E-state index contributed by atoms with van der Waals surface area (Å²) < 4.78 is 0. The average molecular weight is 454 g/mol. The normalized spacial score (nSPS) is 14.4. The lowest BCUT2D eigenvalue weighted by Crippen LogP contribution is -2.41. The molecule has 2 aromatic rings. The molecule has 2 N–H and O–H groups in total. The average Bonchev–Trinajstić information content (AvgIpc) is 2.82. The molecule has 0 radical (unpaired) electrons. The van der Waals surface area contributed by atoms with Gasteiger partial charge in [-0.1, -0.05) is 48.9 Å². The molecule has 3 rings (SSSR count). The maximum absolute atomic E-state index is 12.9. The second-order valence-electron chi connectivity index (χ2n) is 7.78. The van der Waals surface area contributed by atoms with Gasteiger partial charge in [0.25, 0.3) is 5.91 Å². The van der Waals surface area contributed by atoms with Crippen LogP contribution in [0.3, 0.4) is 0 Å². The number of benzene rings is 2. The van der Waals surface area contributed by atoms with E-state index in [1.165, 1.54) is 0 Å². The number of carbonyl (C=O) groups excluding carboxylic acids is 3. The molecule has 1 saturated heterocycles. The van der Waals surface area contributed by atoms with E-state index in [-0.39, 0.29) is 23.6 Å². The Balaban J connectivity index is 1.57. The molecular weight excluding hydrogens is 426 g/mol. The van der Waals surface area contributed by atoms with Gasteiger partial charge in [-0.15, -0.1) is 0 Å². The molecule has 0 bridgehead atoms. The predicted octanol–water partition coefficient (Wildman–Crippen LogP) is 4.37. The summed E-state index contributed by atoms with van der Waals surface area (Å²) in [6.07, 6.45) is 5.32. The smallest absolute Gasteiger partial charge is 0.253 e. The van der Waals surface area contributed by atoms with E-state index in [2.05, 4.69) is 10.6 Å². The number of nitrogens with zero attached hydrogens (tertiary/aromatic N) is 1. The van der Waals surface area contributed by atoms with Crippen LogP contribution in [0.15, 0.2) is 54.6 Å². The van der Waals surface area contributed by atoms with Gasteiger partial charge in [0.2, 0.25) is 11.8 Å². The molecule has 0 atom stereocenters. The number of hydrogen-bond acceptors (Lipinski definition) is 3. The van der Waals surface area contributed by atoms with Crippen LogP contribution < -0.4 is 10.6 Å². The van der Waals surface area contributed by atoms with Gasteiger partial charge in [-0.25, -0.2) is 0 Å². The maximum atomic E-state index is 12.9. The molecule has 0 spiro atoms. The van der Waals surface area contributed by atoms with E-state index >= 15 is 0 Å². The Morgan fingerprint density at radius 2 is 1.81 bits per heavy atom. The van der Waals surface area contributed by atoms with Crippen LogP contribution in [0.25, 0.3) is 6.08 Å². The fourth-order valence-electron chi connectivity index (χ4n) is 3.59. The van der Waals surface area contributed by atoms with Crippen LogP contribution in [0, 0.1) is 5.92 Å². The van der Waals surface area contributed by atoms with Gasteiger partial charge in [-0.2, -0.15) is 0 Å². The van der Waals surface area contributed by atoms with Crippen molar-refractivity contribution in [2.45, 2.75) is 26.2 Å². The van der Waals surface area contributed by atoms with Gasteiger partial charge in [0, 0.05) is 36.7 Å². The summed E-state index contributed by atoms with van der Waals surface area (Å²) in [4.78, 5) is 39.5. The largest absolute Gasteiger partial charge is 0.352 e. The fourth-order valence-corrected chi connectivity index (χ4v) is 3.76. The molecule has 2 aromatic carbocycles. The Kier molecular flexibility index (Phi) is 8.45. The molecule has 3 amide bonds. The number of anilines is 1. The van der Waals surface area contributed by atoms with Gasteiger partial charge in [0.15, 0.2) is 0 Å². The quantitative estimate of drug-likeness (QED) is 0.611. The van der Waals surface area contributed by atoms with Crippen LogP contribution in [-0.2, 0) is 9.59 Å². The zero-order valence-electron chi connectivity index (χ0n) is 18.1. The number of nitrogens with one attached hydrogen (secondary N) is 2. The van der Waals surface area contributed by atoms with Crippen LogP contribution in [0.1, 0.15) is 42.1 Å². The minimum absolute atomic E-state index is 0.0579. The molecule has 0 saturated carbocycles. The van der Waals surface area contributed by atoms with Crippen molar-refractivity contribution in [2.75, 3.05) is 25.0 Å². The Labute approximate surface area is 193 Å². The summed E-state index contributed by atoms with van der Waals surface area (Å²) in [5, 5.41) is 6.13. The second-order valence-corrected chi connectivity index (χ2v) is 8.22. The van der Waals surface area contributed by atoms with Crippen molar-refractivity contribution in [3.05, 3.63) is 70.8 Å². The lowest BCUT2D eigenvalue weighted by atomic mass is 9.95. The van der Waals surface area contributed by atoms with Gasteiger partial charge >= 0.3 is 0 Å². The maximum Gasteiger partial charge on any atom is 0.253 e. The van der Waals surface area contributed by atoms with Gasteiger partial charge in [-0.3, -0.25) is 14.4 Å². The van der Waals surface area contributed by atoms with Crippen molar-refractivity contribution in [1.82, 2.24) is 10.2 Å². The van der Waals surface area contributed by atoms with Crippen molar-refractivity contribution >= 4 is 41.1 Å². The number of carbonyl (C=O) groups is 3. The molecule has 6 nitrogen and oxygen atoms in total. The number of likely N-dealkylation sites (tertiary alicyclic amines) is 1. The molecule has 32 heavy (non-hydrogen) atoms. The summed E-state index contributed by atoms with van der Waals surface area (Å²) in [5.74, 6) is -0.701. The van der Waals surface area contributed by atoms with Crippen molar-refractivity contribution in [1.29, 1.82) is 0 Å². The number of hydrogen-bond donors (Lipinski definition) is 2. The van der Waals surface area contributed by atoms with Crippen LogP contribution in [0.5, 0.6) is 0 Å². The van der Waals surface area contributed by atoms with Crippen LogP contribution in [-0.4, -0.2) is 42.3 Å². The first-order valence-electron chi connectivity index (χ1n) is 10.9. The van der Waals surface area contributed by atoms with Crippen molar-refractivity contribution < 1.29 is 14.4 Å². The van der Waals surface area contributed by atoms with Crippen molar-refractivity contribution in [2.24, 2.45) is 5.92 Å². The molecule has 1 aliphatic heterocycles. The molecule has 7 heteroatoms. The van der Waals surface area contributed by atoms with Crippen molar-refractivity contribution in [3.8, 4) is 0 Å². The Morgan fingerprint density at radius 3 is 2.50 bits per heavy atom. The summed E-state index contributed by atoms with van der Waals surface area (Å²) in [5.41, 5.74) is 1.76. The fraction of sp³-hybridized carbons (Fsp3) is 0.320. The lowest BCUT2D eigenvalue weighted by molar-refractivity contribution is -0.130. The molecule has 1 fully saturated rings. The summed E-state index contributed by atoms with van der Waals surface area (Å²) in [6, 6.07) is 14.5. The minimum Gasteiger partial charge on any atom is -0.352 e. The molecule has 0 aliphatic carbocycles. The van der Waals surface area contributed by atoms with E-state index in [1.807, 2.05) is 37.3 Å². The number of halogens is 1. The SMILES string of the molecule is CCCNC(=O)c1ccc(Cl)cc1NC(=O)C1CCN(C(=O)C=Cc2ccccc2)CC1. The van der Waals surface area contributed by atoms with Gasteiger partial charge < -0.3 is 15.5 Å². The molecule has 1 heterocycles. The number of piperidine rings is 1. The molecule has 0 unspecified atom stereocenters. The number of rotatable bonds is 7. The third kappa shape index (κ3) is 6.44. The number of amides is 3. The molecule has 1 aliphatic rings. The monoisotopic (exact) mass is 453 g/mol. The highest BCUT2D eigenvalue weighted by atomic mass is 35.5. The van der Waals surface area contributed by atoms with Crippen molar-refractivity contribution in [3.63, 3.8) is 0 Å². The van der Waals surface area contributed by atoms with E-state index in [1.54, 1.807) is 35.3 Å². The Bertz CT molecular complexity index is 983. The highest BCUT2D eigenvalue weighted by Gasteiger charge is 2.27. The standard InChI is InChI=1S/C25H28ClN3O3/c1-2-14-27-25(32)21-10-9-20(26)17-22(21)28-24(31)19-12-15-29(16-13-19)23(30)11-8-18-6-4-3-5-7-18/h3-11,17,19H,2,12-16H2,1H3,(H,27,32)(H,28,31). The first-order chi connectivity index (χ1) is 15.5. The van der Waals surface area contributed by atoms with E-state index in [9.17, 15) is 14.4 Å². The van der Waals surface area contributed by atoms with Gasteiger partial charge in [-0.05, 0) is 49.1 Å². The predicted molar refractivity (Wildman–Crippen MR) is 127 cm³/mol. The van der Waals surface area contributed by atoms with E-state index < -0.39 is 0 Å². The van der Waals surface area contributed by atoms with Gasteiger partial charge in [0.05, 0.1) is 11.3 Å². The summed E-state index contributed by atoms with van der Waals surface area (Å²) >= 11 is 6.09. The zero-order chi connectivity index (χ0) is 22.9. The van der Waals surface area contributed by atoms with Gasteiger partial charge in [0.1, 0.15) is 0 Å². The lowest BCUT2D eigenvalue weighted by Gasteiger charge is -2.30. The first-order valence-corrected chi connectivity index (χ1v) is 11.3. The van der Waals surface area contributed by atoms with E-state index in [0.717, 1.165) is 12.0 Å². The third-order valence-electron chi connectivity index (χ3n) is 5.42. The molecule has 0 aromatic heterocycles. The highest BCUT2D eigenvalue weighted by molar-refractivity contribution is 6.31. The Morgan fingerprint density at radius 1 is 1.09 bits per heavy atom. The zero-order valence-corrected chi connectivity index (χ0v) is 18.9. The Hall–Kier alpha value is -3.12. The highest BCUT2D eigenvalue weighted by Crippen LogP contribution is 2.24. The molecular formula is C25H28ClN3O3. The van der Waals surface area contributed by atoms with Crippen LogP contribution in [0.2, 0.25) is 5.02 Å². The summed E-state index contributed by atoms with van der Waals surface area (Å²) in [6.45, 7) is 3.55. The van der Waals surface area contributed by atoms with E-state index in [4.69, 9.17) is 11.6 Å². The third-order valence-corrected chi connectivity index (χ3v) is 5.65. The minimum atomic E-state index is -0.246. The summed E-state index contributed by atoms with van der Waals surface area (Å²) in [7, 11) is 0. The molecule has 168 valence electrons. The second kappa shape index (κ2) is 11.5.